The topological polar surface area (TPSA) is 295 Å². The van der Waals surface area contributed by atoms with Gasteiger partial charge in [-0.3, -0.25) is 29.0 Å². The predicted molar refractivity (Wildman–Crippen MR) is 136 cm³/mol. The molecule has 0 aromatic carbocycles. The van der Waals surface area contributed by atoms with E-state index in [9.17, 15) is 33.9 Å². The van der Waals surface area contributed by atoms with Crippen LogP contribution in [0, 0.1) is 5.92 Å². The summed E-state index contributed by atoms with van der Waals surface area (Å²) in [5.74, 6) is -5.87. The molecule has 0 radical (unpaired) electrons. The van der Waals surface area contributed by atoms with Gasteiger partial charge in [0.25, 0.3) is 0 Å². The van der Waals surface area contributed by atoms with E-state index >= 15 is 0 Å². The summed E-state index contributed by atoms with van der Waals surface area (Å²) in [5, 5.41) is 25.5. The fraction of sp³-hybridized carbons (Fsp3) is 0.682. The maximum absolute atomic E-state index is 13.1. The molecule has 0 saturated heterocycles. The van der Waals surface area contributed by atoms with Gasteiger partial charge in [0, 0.05) is 19.4 Å². The molecule has 4 atom stereocenters. The summed E-state index contributed by atoms with van der Waals surface area (Å²) in [5.41, 5.74) is 21.4. The molecule has 0 rings (SSSR count). The largest absolute Gasteiger partial charge is 0.481 e. The molecule has 0 fully saturated rings. The lowest BCUT2D eigenvalue weighted by Gasteiger charge is -2.25. The highest BCUT2D eigenvalue weighted by Gasteiger charge is 2.30. The van der Waals surface area contributed by atoms with E-state index in [-0.39, 0.29) is 63.4 Å². The SMILES string of the molecule is CC(C)CC(NC(=O)C(CCCN=C(N)N)NC(=O)C(CCC(N)=O)NC(=O)C(N)CCC(=O)O)C(=O)O. The molecule has 0 bridgehead atoms. The third kappa shape index (κ3) is 15.2. The number of nitrogens with zero attached hydrogens (tertiary/aromatic N) is 1. The zero-order valence-electron chi connectivity index (χ0n) is 21.6. The highest BCUT2D eigenvalue weighted by molar-refractivity contribution is 5.94. The van der Waals surface area contributed by atoms with Gasteiger partial charge < -0.3 is 49.1 Å². The lowest BCUT2D eigenvalue weighted by molar-refractivity contribution is -0.143. The van der Waals surface area contributed by atoms with Crippen LogP contribution >= 0.6 is 0 Å². The molecule has 0 aliphatic carbocycles. The number of carbonyl (C=O) groups is 6. The molecule has 16 nitrogen and oxygen atoms in total. The number of aliphatic imine (C=N–C) groups is 1. The van der Waals surface area contributed by atoms with Crippen LogP contribution in [-0.2, 0) is 28.8 Å². The molecule has 0 saturated carbocycles. The van der Waals surface area contributed by atoms with Crippen molar-refractivity contribution in [1.29, 1.82) is 0 Å². The lowest BCUT2D eigenvalue weighted by atomic mass is 10.0. The lowest BCUT2D eigenvalue weighted by Crippen LogP contribution is -2.57. The number of aliphatic carboxylic acids is 2. The van der Waals surface area contributed by atoms with Crippen LogP contribution in [0.2, 0.25) is 0 Å². The Labute approximate surface area is 220 Å². The number of rotatable bonds is 19. The summed E-state index contributed by atoms with van der Waals surface area (Å²) < 4.78 is 0. The van der Waals surface area contributed by atoms with E-state index in [2.05, 4.69) is 20.9 Å². The van der Waals surface area contributed by atoms with Crippen molar-refractivity contribution >= 4 is 41.5 Å². The van der Waals surface area contributed by atoms with Gasteiger partial charge in [-0.05, 0) is 38.0 Å². The van der Waals surface area contributed by atoms with Crippen LogP contribution in [0.3, 0.4) is 0 Å². The van der Waals surface area contributed by atoms with Crippen LogP contribution in [0.5, 0.6) is 0 Å². The van der Waals surface area contributed by atoms with Gasteiger partial charge in [0.1, 0.15) is 18.1 Å². The molecule has 4 amide bonds. The first-order valence-corrected chi connectivity index (χ1v) is 12.1. The smallest absolute Gasteiger partial charge is 0.326 e. The van der Waals surface area contributed by atoms with Gasteiger partial charge in [0.15, 0.2) is 5.96 Å². The Bertz CT molecular complexity index is 875. The number of hydrogen-bond donors (Lipinski definition) is 9. The maximum Gasteiger partial charge on any atom is 0.326 e. The Morgan fingerprint density at radius 2 is 1.29 bits per heavy atom. The number of hydrogen-bond acceptors (Lipinski definition) is 8. The van der Waals surface area contributed by atoms with E-state index in [1.54, 1.807) is 13.8 Å². The van der Waals surface area contributed by atoms with Crippen molar-refractivity contribution in [2.24, 2.45) is 33.8 Å². The molecule has 0 spiro atoms. The highest BCUT2D eigenvalue weighted by atomic mass is 16.4. The Morgan fingerprint density at radius 1 is 0.763 bits per heavy atom. The number of carboxylic acid groups (broad SMARTS) is 2. The van der Waals surface area contributed by atoms with Crippen LogP contribution < -0.4 is 38.9 Å². The van der Waals surface area contributed by atoms with Crippen molar-refractivity contribution < 1.29 is 39.0 Å². The van der Waals surface area contributed by atoms with Gasteiger partial charge in [-0.2, -0.15) is 0 Å². The van der Waals surface area contributed by atoms with Gasteiger partial charge in [-0.25, -0.2) is 4.79 Å². The Morgan fingerprint density at radius 3 is 1.76 bits per heavy atom. The fourth-order valence-corrected chi connectivity index (χ4v) is 3.25. The maximum atomic E-state index is 13.1. The minimum atomic E-state index is -1.34. The standard InChI is InChI=1S/C22H40N8O8/c1-11(2)10-15(21(37)38)30-19(35)13(4-3-9-27-22(25)26)29-20(36)14(6-7-16(24)31)28-18(34)12(23)5-8-17(32)33/h11-15H,3-10,23H2,1-2H3,(H2,24,31)(H,28,34)(H,29,36)(H,30,35)(H,32,33)(H,37,38)(H4,25,26,27). The van der Waals surface area contributed by atoms with Gasteiger partial charge in [0.2, 0.25) is 23.6 Å². The van der Waals surface area contributed by atoms with Gasteiger partial charge in [-0.1, -0.05) is 13.8 Å². The average Bonchev–Trinajstić information content (AvgIpc) is 2.80. The summed E-state index contributed by atoms with van der Waals surface area (Å²) in [4.78, 5) is 75.9. The average molecular weight is 545 g/mol. The van der Waals surface area contributed by atoms with Crippen LogP contribution in [0.1, 0.15) is 58.8 Å². The summed E-state index contributed by atoms with van der Waals surface area (Å²) in [6, 6.07) is -5.04. The molecule has 0 aliphatic rings. The van der Waals surface area contributed by atoms with Crippen molar-refractivity contribution in [1.82, 2.24) is 16.0 Å². The first-order chi connectivity index (χ1) is 17.6. The van der Waals surface area contributed by atoms with E-state index in [0.29, 0.717) is 0 Å². The zero-order valence-corrected chi connectivity index (χ0v) is 21.6. The fourth-order valence-electron chi connectivity index (χ4n) is 3.25. The summed E-state index contributed by atoms with van der Waals surface area (Å²) >= 11 is 0. The molecular weight excluding hydrogens is 504 g/mol. The highest BCUT2D eigenvalue weighted by Crippen LogP contribution is 2.08. The van der Waals surface area contributed by atoms with E-state index in [0.717, 1.165) is 0 Å². The number of primary amides is 1. The van der Waals surface area contributed by atoms with E-state index < -0.39 is 59.7 Å². The molecule has 0 heterocycles. The van der Waals surface area contributed by atoms with Crippen LogP contribution in [0.4, 0.5) is 0 Å². The third-order valence-electron chi connectivity index (χ3n) is 5.22. The minimum Gasteiger partial charge on any atom is -0.481 e. The number of carboxylic acids is 2. The number of nitrogens with two attached hydrogens (primary N) is 4. The van der Waals surface area contributed by atoms with Crippen molar-refractivity contribution in [3.05, 3.63) is 0 Å². The minimum absolute atomic E-state index is 0.0109. The zero-order chi connectivity index (χ0) is 29.4. The van der Waals surface area contributed by atoms with Crippen LogP contribution in [0.25, 0.3) is 0 Å². The van der Waals surface area contributed by atoms with Crippen molar-refractivity contribution in [3.63, 3.8) is 0 Å². The van der Waals surface area contributed by atoms with Gasteiger partial charge in [-0.15, -0.1) is 0 Å². The number of amides is 4. The Hall–Kier alpha value is -3.95. The van der Waals surface area contributed by atoms with E-state index in [1.807, 2.05) is 0 Å². The Kier molecular flexibility index (Phi) is 15.7. The number of nitrogens with one attached hydrogen (secondary N) is 3. The molecule has 0 aliphatic heterocycles. The van der Waals surface area contributed by atoms with Crippen molar-refractivity contribution in [2.75, 3.05) is 6.54 Å². The predicted octanol–water partition coefficient (Wildman–Crippen LogP) is -2.92. The first-order valence-electron chi connectivity index (χ1n) is 12.1. The molecular formula is C22H40N8O8. The molecule has 16 heteroatoms. The molecule has 216 valence electrons. The first kappa shape index (κ1) is 34.0. The third-order valence-corrected chi connectivity index (χ3v) is 5.22. The summed E-state index contributed by atoms with van der Waals surface area (Å²) in [7, 11) is 0. The summed E-state index contributed by atoms with van der Waals surface area (Å²) in [6.45, 7) is 3.68. The van der Waals surface area contributed by atoms with Crippen LogP contribution in [-0.4, -0.2) is 82.5 Å². The number of guanidine groups is 1. The molecule has 4 unspecified atom stereocenters. The van der Waals surface area contributed by atoms with Gasteiger partial charge >= 0.3 is 11.9 Å². The second-order valence-corrected chi connectivity index (χ2v) is 9.14. The van der Waals surface area contributed by atoms with Crippen molar-refractivity contribution in [2.45, 2.75) is 83.0 Å². The van der Waals surface area contributed by atoms with Gasteiger partial charge in [0.05, 0.1) is 6.04 Å². The molecule has 38 heavy (non-hydrogen) atoms. The van der Waals surface area contributed by atoms with Crippen LogP contribution in [0.15, 0.2) is 4.99 Å². The monoisotopic (exact) mass is 544 g/mol. The van der Waals surface area contributed by atoms with E-state index in [1.165, 1.54) is 0 Å². The number of carbonyl (C=O) groups excluding carboxylic acids is 4. The second kappa shape index (κ2) is 17.5. The van der Waals surface area contributed by atoms with E-state index in [4.69, 9.17) is 28.0 Å². The normalized spacial score (nSPS) is 13.9. The second-order valence-electron chi connectivity index (χ2n) is 9.14. The summed E-state index contributed by atoms with van der Waals surface area (Å²) in [6.07, 6.45) is -0.722. The molecule has 0 aromatic heterocycles. The Balaban J connectivity index is 5.70. The quantitative estimate of drug-likeness (QED) is 0.0450. The molecule has 13 N–H and O–H groups in total. The molecule has 0 aromatic rings. The van der Waals surface area contributed by atoms with Crippen molar-refractivity contribution in [3.8, 4) is 0 Å².